The van der Waals surface area contributed by atoms with Gasteiger partial charge in [-0.15, -0.1) is 0 Å². The number of carbonyl (C=O) groups excluding carboxylic acids is 2. The van der Waals surface area contributed by atoms with E-state index in [1.54, 1.807) is 37.1 Å². The standard InChI is InChI=1S/C22H32F3N3O4/c1-14-11-28(9-8-22(23,24)25)15(2)13-32-19-7-6-17(26-16(3)29)10-18(19)21(30)27(4)12-20(14)31-5/h6-7,10,14-15,20H,8-9,11-13H2,1-5H3,(H,26,29)/t14-,15+,20+/m0/s1. The van der Waals surface area contributed by atoms with Gasteiger partial charge in [-0.3, -0.25) is 14.5 Å². The molecule has 1 aromatic carbocycles. The Bertz CT molecular complexity index is 803. The number of nitrogens with zero attached hydrogens (tertiary/aromatic N) is 2. The Morgan fingerprint density at radius 3 is 2.56 bits per heavy atom. The highest BCUT2D eigenvalue weighted by atomic mass is 19.4. The molecule has 1 aliphatic heterocycles. The average molecular weight is 460 g/mol. The van der Waals surface area contributed by atoms with E-state index in [1.165, 1.54) is 18.9 Å². The van der Waals surface area contributed by atoms with E-state index in [-0.39, 0.29) is 55.1 Å². The molecule has 7 nitrogen and oxygen atoms in total. The number of halogens is 3. The number of anilines is 1. The van der Waals surface area contributed by atoms with E-state index < -0.39 is 12.6 Å². The Kier molecular flexibility index (Phi) is 8.91. The van der Waals surface area contributed by atoms with Gasteiger partial charge in [-0.05, 0) is 31.0 Å². The molecule has 0 bridgehead atoms. The van der Waals surface area contributed by atoms with Gasteiger partial charge in [0.1, 0.15) is 12.4 Å². The fourth-order valence-electron chi connectivity index (χ4n) is 3.71. The zero-order valence-corrected chi connectivity index (χ0v) is 19.2. The fraction of sp³-hybridized carbons (Fsp3) is 0.636. The zero-order valence-electron chi connectivity index (χ0n) is 19.2. The molecule has 0 aromatic heterocycles. The van der Waals surface area contributed by atoms with Crippen LogP contribution >= 0.6 is 0 Å². The molecule has 0 spiro atoms. The van der Waals surface area contributed by atoms with E-state index in [1.807, 2.05) is 6.92 Å². The largest absolute Gasteiger partial charge is 0.491 e. The van der Waals surface area contributed by atoms with Gasteiger partial charge in [0.2, 0.25) is 5.91 Å². The van der Waals surface area contributed by atoms with Crippen LogP contribution in [0.15, 0.2) is 18.2 Å². The summed E-state index contributed by atoms with van der Waals surface area (Å²) in [6.07, 6.45) is -5.54. The Balaban J connectivity index is 2.39. The summed E-state index contributed by atoms with van der Waals surface area (Å²) in [7, 11) is 3.16. The maximum atomic E-state index is 13.2. The van der Waals surface area contributed by atoms with Gasteiger partial charge in [-0.25, -0.2) is 0 Å². The fourth-order valence-corrected chi connectivity index (χ4v) is 3.71. The van der Waals surface area contributed by atoms with E-state index in [0.717, 1.165) is 0 Å². The first kappa shape index (κ1) is 25.9. The number of fused-ring (bicyclic) bond motifs is 1. The third-order valence-electron chi connectivity index (χ3n) is 5.58. The number of amides is 2. The summed E-state index contributed by atoms with van der Waals surface area (Å²) in [4.78, 5) is 27.8. The van der Waals surface area contributed by atoms with Crippen molar-refractivity contribution in [3.05, 3.63) is 23.8 Å². The maximum absolute atomic E-state index is 13.2. The molecule has 0 aliphatic carbocycles. The second-order valence-corrected chi connectivity index (χ2v) is 8.35. The number of ether oxygens (including phenoxy) is 2. The van der Waals surface area contributed by atoms with Crippen LogP contribution in [-0.4, -0.2) is 80.3 Å². The first-order valence-electron chi connectivity index (χ1n) is 10.5. The summed E-state index contributed by atoms with van der Waals surface area (Å²) < 4.78 is 50.1. The van der Waals surface area contributed by atoms with Crippen molar-refractivity contribution in [2.45, 2.75) is 45.5 Å². The Labute approximate surface area is 186 Å². The molecule has 2 amide bonds. The van der Waals surface area contributed by atoms with Crippen molar-refractivity contribution in [1.29, 1.82) is 0 Å². The molecule has 0 unspecified atom stereocenters. The van der Waals surface area contributed by atoms with E-state index in [2.05, 4.69) is 5.32 Å². The van der Waals surface area contributed by atoms with Crippen LogP contribution in [0.4, 0.5) is 18.9 Å². The lowest BCUT2D eigenvalue weighted by molar-refractivity contribution is -0.140. The van der Waals surface area contributed by atoms with Gasteiger partial charge in [-0.2, -0.15) is 13.2 Å². The summed E-state index contributed by atoms with van der Waals surface area (Å²) in [6, 6.07) is 4.42. The van der Waals surface area contributed by atoms with Gasteiger partial charge in [0, 0.05) is 52.4 Å². The molecule has 0 saturated heterocycles. The Hall–Kier alpha value is -2.33. The van der Waals surface area contributed by atoms with E-state index in [0.29, 0.717) is 18.0 Å². The third-order valence-corrected chi connectivity index (χ3v) is 5.58. The summed E-state index contributed by atoms with van der Waals surface area (Å²) >= 11 is 0. The number of methoxy groups -OCH3 is 1. The van der Waals surface area contributed by atoms with Crippen LogP contribution in [0.2, 0.25) is 0 Å². The van der Waals surface area contributed by atoms with Crippen molar-refractivity contribution in [1.82, 2.24) is 9.80 Å². The third kappa shape index (κ3) is 7.37. The molecular formula is C22H32F3N3O4. The van der Waals surface area contributed by atoms with Gasteiger partial charge in [-0.1, -0.05) is 6.92 Å². The topological polar surface area (TPSA) is 71.1 Å². The first-order chi connectivity index (χ1) is 14.9. The number of carbonyl (C=O) groups is 2. The quantitative estimate of drug-likeness (QED) is 0.747. The Morgan fingerprint density at radius 1 is 1.28 bits per heavy atom. The van der Waals surface area contributed by atoms with Gasteiger partial charge < -0.3 is 19.7 Å². The number of hydrogen-bond donors (Lipinski definition) is 1. The van der Waals surface area contributed by atoms with Crippen LogP contribution in [-0.2, 0) is 9.53 Å². The second kappa shape index (κ2) is 11.0. The van der Waals surface area contributed by atoms with Crippen molar-refractivity contribution < 1.29 is 32.2 Å². The predicted molar refractivity (Wildman–Crippen MR) is 115 cm³/mol. The highest BCUT2D eigenvalue weighted by Crippen LogP contribution is 2.27. The molecule has 3 atom stereocenters. The molecule has 0 saturated carbocycles. The SMILES string of the molecule is CO[C@@H]1CN(C)C(=O)c2cc(NC(C)=O)ccc2OC[C@@H](C)N(CCC(F)(F)F)C[C@@H]1C. The monoisotopic (exact) mass is 459 g/mol. The highest BCUT2D eigenvalue weighted by Gasteiger charge is 2.32. The minimum Gasteiger partial charge on any atom is -0.491 e. The van der Waals surface area contributed by atoms with Crippen LogP contribution in [0.3, 0.4) is 0 Å². The molecule has 1 N–H and O–H groups in total. The first-order valence-corrected chi connectivity index (χ1v) is 10.5. The molecule has 1 aromatic rings. The van der Waals surface area contributed by atoms with Crippen LogP contribution in [0, 0.1) is 5.92 Å². The molecule has 0 radical (unpaired) electrons. The van der Waals surface area contributed by atoms with Crippen LogP contribution in [0.1, 0.15) is 37.6 Å². The number of alkyl halides is 3. The lowest BCUT2D eigenvalue weighted by Crippen LogP contribution is -2.47. The van der Waals surface area contributed by atoms with Crippen molar-refractivity contribution >= 4 is 17.5 Å². The number of rotatable bonds is 4. The molecule has 2 rings (SSSR count). The summed E-state index contributed by atoms with van der Waals surface area (Å²) in [5, 5.41) is 2.65. The number of benzene rings is 1. The molecule has 1 heterocycles. The molecule has 1 aliphatic rings. The van der Waals surface area contributed by atoms with Gasteiger partial charge >= 0.3 is 6.18 Å². The molecule has 180 valence electrons. The van der Waals surface area contributed by atoms with Gasteiger partial charge in [0.05, 0.1) is 18.1 Å². The predicted octanol–water partition coefficient (Wildman–Crippen LogP) is 3.40. The minimum atomic E-state index is -4.26. The smallest absolute Gasteiger partial charge is 0.390 e. The van der Waals surface area contributed by atoms with Crippen molar-refractivity contribution in [3.63, 3.8) is 0 Å². The normalized spacial score (nSPS) is 23.6. The van der Waals surface area contributed by atoms with Gasteiger partial charge in [0.15, 0.2) is 0 Å². The summed E-state index contributed by atoms with van der Waals surface area (Å²) in [6.45, 7) is 5.64. The molecule has 10 heteroatoms. The number of nitrogens with one attached hydrogen (secondary N) is 1. The minimum absolute atomic E-state index is 0.103. The highest BCUT2D eigenvalue weighted by molar-refractivity contribution is 5.99. The average Bonchev–Trinajstić information content (AvgIpc) is 2.70. The van der Waals surface area contributed by atoms with Crippen LogP contribution < -0.4 is 10.1 Å². The van der Waals surface area contributed by atoms with Crippen molar-refractivity contribution in [3.8, 4) is 5.75 Å². The summed E-state index contributed by atoms with van der Waals surface area (Å²) in [5.74, 6) is -0.401. The zero-order chi connectivity index (χ0) is 24.1. The maximum Gasteiger partial charge on any atom is 0.390 e. The summed E-state index contributed by atoms with van der Waals surface area (Å²) in [5.41, 5.74) is 0.709. The van der Waals surface area contributed by atoms with Crippen molar-refractivity contribution in [2.75, 3.05) is 45.7 Å². The van der Waals surface area contributed by atoms with E-state index in [9.17, 15) is 22.8 Å². The molecule has 0 fully saturated rings. The number of likely N-dealkylation sites (N-methyl/N-ethyl adjacent to an activating group) is 1. The van der Waals surface area contributed by atoms with Crippen LogP contribution in [0.25, 0.3) is 0 Å². The van der Waals surface area contributed by atoms with Crippen molar-refractivity contribution in [2.24, 2.45) is 5.92 Å². The van der Waals surface area contributed by atoms with E-state index >= 15 is 0 Å². The number of hydrogen-bond acceptors (Lipinski definition) is 5. The molecular weight excluding hydrogens is 427 g/mol. The van der Waals surface area contributed by atoms with Gasteiger partial charge in [0.25, 0.3) is 5.91 Å². The van der Waals surface area contributed by atoms with E-state index in [4.69, 9.17) is 9.47 Å². The second-order valence-electron chi connectivity index (χ2n) is 8.35. The Morgan fingerprint density at radius 2 is 1.97 bits per heavy atom. The molecule has 32 heavy (non-hydrogen) atoms. The lowest BCUT2D eigenvalue weighted by Gasteiger charge is -2.36. The van der Waals surface area contributed by atoms with Crippen LogP contribution in [0.5, 0.6) is 5.75 Å². The lowest BCUT2D eigenvalue weighted by atomic mass is 10.0.